The molecule has 44 valence electrons. The molecule has 0 aliphatic carbocycles. The van der Waals surface area contributed by atoms with Crippen molar-refractivity contribution in [1.82, 2.24) is 0 Å². The van der Waals surface area contributed by atoms with E-state index in [-0.39, 0.29) is 37.1 Å². The summed E-state index contributed by atoms with van der Waals surface area (Å²) in [5.41, 5.74) is 0. The van der Waals surface area contributed by atoms with Crippen LogP contribution in [0.15, 0.2) is 12.7 Å². The Hall–Kier alpha value is 0.890. The summed E-state index contributed by atoms with van der Waals surface area (Å²) in [5.74, 6) is 0. The van der Waals surface area contributed by atoms with E-state index in [0.29, 0.717) is 0 Å². The van der Waals surface area contributed by atoms with Crippen LogP contribution in [0, 0.1) is 0 Å². The summed E-state index contributed by atoms with van der Waals surface area (Å²) in [4.78, 5) is 16.1. The molecule has 0 saturated heterocycles. The molecule has 0 aliphatic heterocycles. The van der Waals surface area contributed by atoms with E-state index in [4.69, 9.17) is 9.79 Å². The standard InChI is InChI=1S/C3H7O3P.Na.H/c1-2-3-7(4,5)6;;/h2H,1,3H2,(H2,4,5,6);;/q;+1;-1. The van der Waals surface area contributed by atoms with Crippen molar-refractivity contribution in [2.24, 2.45) is 0 Å². The van der Waals surface area contributed by atoms with Crippen LogP contribution in [-0.4, -0.2) is 15.9 Å². The summed E-state index contributed by atoms with van der Waals surface area (Å²) >= 11 is 0. The maximum absolute atomic E-state index is 9.85. The van der Waals surface area contributed by atoms with E-state index < -0.39 is 7.60 Å². The van der Waals surface area contributed by atoms with Crippen molar-refractivity contribution in [1.29, 1.82) is 0 Å². The topological polar surface area (TPSA) is 57.5 Å². The van der Waals surface area contributed by atoms with E-state index in [1.54, 1.807) is 0 Å². The van der Waals surface area contributed by atoms with Gasteiger partial charge in [0.15, 0.2) is 0 Å². The summed E-state index contributed by atoms with van der Waals surface area (Å²) in [6, 6.07) is 0. The van der Waals surface area contributed by atoms with Crippen molar-refractivity contribution < 1.29 is 45.3 Å². The Morgan fingerprint density at radius 3 is 2.12 bits per heavy atom. The average Bonchev–Trinajstić information content (AvgIpc) is 1.30. The maximum Gasteiger partial charge on any atom is 1.00 e. The van der Waals surface area contributed by atoms with Crippen molar-refractivity contribution in [3.8, 4) is 0 Å². The monoisotopic (exact) mass is 146 g/mol. The van der Waals surface area contributed by atoms with Gasteiger partial charge in [0, 0.05) is 0 Å². The van der Waals surface area contributed by atoms with Crippen molar-refractivity contribution in [2.45, 2.75) is 0 Å². The number of allylic oxidation sites excluding steroid dienone is 1. The Balaban J connectivity index is -0.000000180. The smallest absolute Gasteiger partial charge is 1.00 e. The van der Waals surface area contributed by atoms with Crippen LogP contribution in [0.5, 0.6) is 0 Å². The average molecular weight is 146 g/mol. The fourth-order valence-corrected chi connectivity index (χ4v) is 0.505. The van der Waals surface area contributed by atoms with Crippen molar-refractivity contribution >= 4 is 7.60 Å². The Kier molecular flexibility index (Phi) is 6.91. The zero-order valence-corrected chi connectivity index (χ0v) is 7.64. The largest absolute Gasteiger partial charge is 1.00 e. The van der Waals surface area contributed by atoms with Crippen LogP contribution in [-0.2, 0) is 4.57 Å². The Morgan fingerprint density at radius 2 is 2.12 bits per heavy atom. The summed E-state index contributed by atoms with van der Waals surface area (Å²) in [6.07, 6.45) is 0.966. The van der Waals surface area contributed by atoms with Crippen LogP contribution >= 0.6 is 7.60 Å². The minimum atomic E-state index is -3.78. The molecule has 0 aromatic heterocycles. The molecule has 0 fully saturated rings. The molecule has 0 aromatic rings. The van der Waals surface area contributed by atoms with Gasteiger partial charge in [0.05, 0.1) is 6.16 Å². The SMILES string of the molecule is C=CCP(=O)(O)O.[H-].[Na+]. The van der Waals surface area contributed by atoms with Gasteiger partial charge in [-0.25, -0.2) is 0 Å². The molecule has 0 aromatic carbocycles. The first kappa shape index (κ1) is 11.7. The van der Waals surface area contributed by atoms with Gasteiger partial charge in [0.25, 0.3) is 0 Å². The van der Waals surface area contributed by atoms with Crippen LogP contribution in [0.3, 0.4) is 0 Å². The minimum absolute atomic E-state index is 0. The van der Waals surface area contributed by atoms with Crippen LogP contribution in [0.1, 0.15) is 1.43 Å². The van der Waals surface area contributed by atoms with Crippen molar-refractivity contribution in [2.75, 3.05) is 6.16 Å². The molecule has 0 bridgehead atoms. The third-order valence-corrected chi connectivity index (χ3v) is 1.10. The molecule has 2 N–H and O–H groups in total. The maximum atomic E-state index is 9.85. The zero-order chi connectivity index (χ0) is 5.91. The van der Waals surface area contributed by atoms with Crippen molar-refractivity contribution in [3.63, 3.8) is 0 Å². The van der Waals surface area contributed by atoms with Gasteiger partial charge in [0.2, 0.25) is 0 Å². The number of rotatable bonds is 2. The first-order chi connectivity index (χ1) is 3.06. The van der Waals surface area contributed by atoms with Gasteiger partial charge in [-0.15, -0.1) is 6.58 Å². The first-order valence-corrected chi connectivity index (χ1v) is 3.51. The summed E-state index contributed by atoms with van der Waals surface area (Å²) in [7, 11) is -3.78. The van der Waals surface area contributed by atoms with E-state index in [2.05, 4.69) is 6.58 Å². The molecule has 5 heteroatoms. The van der Waals surface area contributed by atoms with Gasteiger partial charge >= 0.3 is 37.2 Å². The molecule has 0 atom stereocenters. The van der Waals surface area contributed by atoms with E-state index in [9.17, 15) is 4.57 Å². The number of hydrogen-bond acceptors (Lipinski definition) is 1. The van der Waals surface area contributed by atoms with Crippen LogP contribution in [0.25, 0.3) is 0 Å². The van der Waals surface area contributed by atoms with Gasteiger partial charge in [0.1, 0.15) is 0 Å². The van der Waals surface area contributed by atoms with Gasteiger partial charge < -0.3 is 11.2 Å². The predicted octanol–water partition coefficient (Wildman–Crippen LogP) is -2.53. The first-order valence-electron chi connectivity index (χ1n) is 1.72. The molecule has 0 aliphatic rings. The summed E-state index contributed by atoms with van der Waals surface area (Å²) in [5, 5.41) is 0. The molecular formula is C3H8NaO3P. The minimum Gasteiger partial charge on any atom is -1.00 e. The second kappa shape index (κ2) is 4.74. The quantitative estimate of drug-likeness (QED) is 0.256. The second-order valence-corrected chi connectivity index (χ2v) is 2.83. The van der Waals surface area contributed by atoms with Gasteiger partial charge in [-0.1, -0.05) is 6.08 Å². The Labute approximate surface area is 71.7 Å². The number of hydrogen-bond donors (Lipinski definition) is 2. The third-order valence-electron chi connectivity index (χ3n) is 0.367. The Bertz CT molecular complexity index is 112. The van der Waals surface area contributed by atoms with E-state index in [1.165, 1.54) is 6.08 Å². The van der Waals surface area contributed by atoms with E-state index >= 15 is 0 Å². The predicted molar refractivity (Wildman–Crippen MR) is 28.2 cm³/mol. The van der Waals surface area contributed by atoms with Gasteiger partial charge in [-0.3, -0.25) is 4.57 Å². The molecular weight excluding hydrogens is 138 g/mol. The normalized spacial score (nSPS) is 9.75. The third kappa shape index (κ3) is 10.00. The van der Waals surface area contributed by atoms with Crippen LogP contribution < -0.4 is 29.6 Å². The van der Waals surface area contributed by atoms with Gasteiger partial charge in [-0.05, 0) is 0 Å². The molecule has 0 saturated carbocycles. The van der Waals surface area contributed by atoms with Crippen molar-refractivity contribution in [3.05, 3.63) is 12.7 Å². The molecule has 0 rings (SSSR count). The second-order valence-electron chi connectivity index (χ2n) is 1.14. The Morgan fingerprint density at radius 1 is 1.75 bits per heavy atom. The molecule has 8 heavy (non-hydrogen) atoms. The molecule has 0 radical (unpaired) electrons. The van der Waals surface area contributed by atoms with Crippen LogP contribution in [0.4, 0.5) is 0 Å². The van der Waals surface area contributed by atoms with E-state index in [0.717, 1.165) is 0 Å². The fourth-order valence-electron chi connectivity index (χ4n) is 0.168. The fraction of sp³-hybridized carbons (Fsp3) is 0.333. The molecule has 0 heterocycles. The molecule has 0 unspecified atom stereocenters. The van der Waals surface area contributed by atoms with Crippen LogP contribution in [0.2, 0.25) is 0 Å². The summed E-state index contributed by atoms with van der Waals surface area (Å²) in [6.45, 7) is 3.15. The molecule has 0 spiro atoms. The molecule has 3 nitrogen and oxygen atoms in total. The van der Waals surface area contributed by atoms with Gasteiger partial charge in [-0.2, -0.15) is 0 Å². The zero-order valence-electron chi connectivity index (χ0n) is 5.74. The molecule has 0 amide bonds. The van der Waals surface area contributed by atoms with E-state index in [1.807, 2.05) is 0 Å². The summed E-state index contributed by atoms with van der Waals surface area (Å²) < 4.78 is 9.85.